The summed E-state index contributed by atoms with van der Waals surface area (Å²) in [6.07, 6.45) is 0.143. The Morgan fingerprint density at radius 3 is 2.86 bits per heavy atom. The van der Waals surface area contributed by atoms with Crippen LogP contribution in [-0.2, 0) is 14.3 Å². The zero-order valence-electron chi connectivity index (χ0n) is 8.32. The first kappa shape index (κ1) is 11.1. The molecule has 0 unspecified atom stereocenters. The van der Waals surface area contributed by atoms with Crippen molar-refractivity contribution in [2.45, 2.75) is 25.4 Å². The minimum Gasteiger partial charge on any atom is -0.468 e. The fourth-order valence-corrected chi connectivity index (χ4v) is 1.58. The summed E-state index contributed by atoms with van der Waals surface area (Å²) in [5.74, 6) is -0.720. The molecule has 5 heteroatoms. The molecular formula is C9H15NO4. The van der Waals surface area contributed by atoms with E-state index in [0.29, 0.717) is 0 Å². The van der Waals surface area contributed by atoms with E-state index < -0.39 is 12.0 Å². The summed E-state index contributed by atoms with van der Waals surface area (Å²) in [5, 5.41) is 11.9. The molecule has 0 saturated carbocycles. The summed E-state index contributed by atoms with van der Waals surface area (Å²) in [4.78, 5) is 22.6. The van der Waals surface area contributed by atoms with E-state index in [4.69, 9.17) is 5.11 Å². The van der Waals surface area contributed by atoms with Gasteiger partial charge in [-0.15, -0.1) is 0 Å². The summed E-state index contributed by atoms with van der Waals surface area (Å²) in [6.45, 7) is 1.59. The molecule has 2 N–H and O–H groups in total. The van der Waals surface area contributed by atoms with Crippen LogP contribution in [-0.4, -0.2) is 42.7 Å². The minimum atomic E-state index is -0.610. The zero-order valence-corrected chi connectivity index (χ0v) is 8.32. The zero-order chi connectivity index (χ0) is 10.7. The van der Waals surface area contributed by atoms with Gasteiger partial charge in [0, 0.05) is 18.4 Å². The van der Waals surface area contributed by atoms with Crippen LogP contribution >= 0.6 is 0 Å². The normalized spacial score (nSPS) is 32.8. The van der Waals surface area contributed by atoms with Gasteiger partial charge in [-0.05, 0) is 0 Å². The number of ketones is 1. The lowest BCUT2D eigenvalue weighted by molar-refractivity contribution is -0.147. The van der Waals surface area contributed by atoms with Crippen LogP contribution in [0.1, 0.15) is 13.3 Å². The molecule has 1 fully saturated rings. The maximum Gasteiger partial charge on any atom is 0.323 e. The van der Waals surface area contributed by atoms with Crippen molar-refractivity contribution in [2.24, 2.45) is 5.92 Å². The fourth-order valence-electron chi connectivity index (χ4n) is 1.58. The Balaban J connectivity index is 2.67. The van der Waals surface area contributed by atoms with Gasteiger partial charge < -0.3 is 9.84 Å². The Bertz CT molecular complexity index is 241. The number of carbonyl (C=O) groups is 2. The minimum absolute atomic E-state index is 0.0156. The van der Waals surface area contributed by atoms with E-state index in [0.717, 1.165) is 0 Å². The number of aliphatic hydroxyl groups excluding tert-OH is 1. The first-order valence-electron chi connectivity index (χ1n) is 4.57. The highest BCUT2D eigenvalue weighted by Gasteiger charge is 2.36. The largest absolute Gasteiger partial charge is 0.468 e. The Labute approximate surface area is 82.4 Å². The molecule has 5 nitrogen and oxygen atoms in total. The highest BCUT2D eigenvalue weighted by atomic mass is 16.5. The molecule has 0 spiro atoms. The van der Waals surface area contributed by atoms with E-state index >= 15 is 0 Å². The van der Waals surface area contributed by atoms with Gasteiger partial charge in [-0.3, -0.25) is 14.9 Å². The third-order valence-electron chi connectivity index (χ3n) is 2.61. The highest BCUT2D eigenvalue weighted by molar-refractivity contribution is 5.89. The molecule has 0 bridgehead atoms. The fraction of sp³-hybridized carbons (Fsp3) is 0.778. The predicted octanol–water partition coefficient (Wildman–Crippen LogP) is -0.913. The van der Waals surface area contributed by atoms with Crippen molar-refractivity contribution < 1.29 is 19.4 Å². The Hall–Kier alpha value is -0.940. The quantitative estimate of drug-likeness (QED) is 0.565. The number of esters is 1. The van der Waals surface area contributed by atoms with Crippen LogP contribution in [0.4, 0.5) is 0 Å². The number of methoxy groups -OCH3 is 1. The average Bonchev–Trinajstić information content (AvgIpc) is 2.20. The first-order valence-corrected chi connectivity index (χ1v) is 4.57. The van der Waals surface area contributed by atoms with Crippen molar-refractivity contribution in [1.82, 2.24) is 5.32 Å². The molecule has 0 aromatic heterocycles. The van der Waals surface area contributed by atoms with E-state index in [2.05, 4.69) is 10.1 Å². The van der Waals surface area contributed by atoms with Gasteiger partial charge in [0.05, 0.1) is 13.7 Å². The molecule has 0 radical (unpaired) electrons. The number of hydrogen-bond acceptors (Lipinski definition) is 5. The molecule has 1 saturated heterocycles. The smallest absolute Gasteiger partial charge is 0.323 e. The van der Waals surface area contributed by atoms with Crippen molar-refractivity contribution in [1.29, 1.82) is 0 Å². The molecule has 14 heavy (non-hydrogen) atoms. The van der Waals surface area contributed by atoms with Gasteiger partial charge in [-0.1, -0.05) is 6.92 Å². The van der Waals surface area contributed by atoms with E-state index in [1.165, 1.54) is 7.11 Å². The molecule has 80 valence electrons. The number of rotatable bonds is 2. The van der Waals surface area contributed by atoms with Gasteiger partial charge in [0.15, 0.2) is 0 Å². The van der Waals surface area contributed by atoms with Crippen LogP contribution in [0.15, 0.2) is 0 Å². The maximum atomic E-state index is 11.4. The van der Waals surface area contributed by atoms with Crippen LogP contribution in [0, 0.1) is 5.92 Å². The molecule has 1 heterocycles. The van der Waals surface area contributed by atoms with Crippen LogP contribution in [0.5, 0.6) is 0 Å². The van der Waals surface area contributed by atoms with Crippen LogP contribution in [0.25, 0.3) is 0 Å². The van der Waals surface area contributed by atoms with Gasteiger partial charge in [-0.25, -0.2) is 0 Å². The summed E-state index contributed by atoms with van der Waals surface area (Å²) in [6, 6.07) is -0.957. The van der Waals surface area contributed by atoms with E-state index in [1.807, 2.05) is 0 Å². The topological polar surface area (TPSA) is 75.6 Å². The second-order valence-electron chi connectivity index (χ2n) is 3.49. The van der Waals surface area contributed by atoms with Crippen molar-refractivity contribution in [3.05, 3.63) is 0 Å². The Morgan fingerprint density at radius 2 is 2.36 bits per heavy atom. The molecule has 0 amide bonds. The number of carbonyl (C=O) groups excluding carboxylic acids is 2. The summed E-state index contributed by atoms with van der Waals surface area (Å²) in [5.41, 5.74) is 0. The number of hydrogen-bond donors (Lipinski definition) is 2. The van der Waals surface area contributed by atoms with Crippen molar-refractivity contribution in [3.63, 3.8) is 0 Å². The lowest BCUT2D eigenvalue weighted by atomic mass is 9.88. The Kier molecular flexibility index (Phi) is 3.60. The first-order chi connectivity index (χ1) is 6.60. The molecule has 0 aromatic rings. The van der Waals surface area contributed by atoms with Gasteiger partial charge in [0.2, 0.25) is 0 Å². The molecule has 0 aliphatic carbocycles. The number of aliphatic hydroxyl groups is 1. The second kappa shape index (κ2) is 4.52. The average molecular weight is 201 g/mol. The lowest BCUT2D eigenvalue weighted by Gasteiger charge is -2.32. The van der Waals surface area contributed by atoms with Gasteiger partial charge in [0.1, 0.15) is 11.8 Å². The van der Waals surface area contributed by atoms with Gasteiger partial charge >= 0.3 is 5.97 Å². The number of Topliss-reactive ketones (excluding diaryl/α,β-unsaturated/α-hetero) is 1. The van der Waals surface area contributed by atoms with E-state index in [1.54, 1.807) is 6.92 Å². The van der Waals surface area contributed by atoms with Crippen LogP contribution < -0.4 is 5.32 Å². The molecule has 0 aromatic carbocycles. The Morgan fingerprint density at radius 1 is 1.71 bits per heavy atom. The third-order valence-corrected chi connectivity index (χ3v) is 2.61. The standard InChI is InChI=1S/C9H15NO4/c1-5-7(4-11)10-6(3-8(5)12)9(13)14-2/h5-7,10-11H,3-4H2,1-2H3/t5-,6-,7-/m0/s1. The van der Waals surface area contributed by atoms with Crippen LogP contribution in [0.3, 0.4) is 0 Å². The maximum absolute atomic E-state index is 11.4. The number of nitrogens with one attached hydrogen (secondary N) is 1. The summed E-state index contributed by atoms with van der Waals surface area (Å²) >= 11 is 0. The third kappa shape index (κ3) is 2.10. The van der Waals surface area contributed by atoms with E-state index in [-0.39, 0.29) is 30.8 Å². The molecular weight excluding hydrogens is 186 g/mol. The number of piperidine rings is 1. The summed E-state index contributed by atoms with van der Waals surface area (Å²) < 4.78 is 4.53. The lowest BCUT2D eigenvalue weighted by Crippen LogP contribution is -2.55. The van der Waals surface area contributed by atoms with E-state index in [9.17, 15) is 9.59 Å². The SMILES string of the molecule is COC(=O)[C@@H]1CC(=O)[C@@H](C)[C@H](CO)N1. The monoisotopic (exact) mass is 201 g/mol. The predicted molar refractivity (Wildman–Crippen MR) is 48.6 cm³/mol. The second-order valence-corrected chi connectivity index (χ2v) is 3.49. The number of ether oxygens (including phenoxy) is 1. The van der Waals surface area contributed by atoms with Gasteiger partial charge in [-0.2, -0.15) is 0 Å². The van der Waals surface area contributed by atoms with Crippen molar-refractivity contribution in [3.8, 4) is 0 Å². The molecule has 1 rings (SSSR count). The van der Waals surface area contributed by atoms with Crippen LogP contribution in [0.2, 0.25) is 0 Å². The molecule has 1 aliphatic rings. The van der Waals surface area contributed by atoms with Crippen molar-refractivity contribution >= 4 is 11.8 Å². The highest BCUT2D eigenvalue weighted by Crippen LogP contribution is 2.16. The molecule has 1 aliphatic heterocycles. The van der Waals surface area contributed by atoms with Gasteiger partial charge in [0.25, 0.3) is 0 Å². The summed E-state index contributed by atoms with van der Waals surface area (Å²) in [7, 11) is 1.28. The van der Waals surface area contributed by atoms with Crippen molar-refractivity contribution in [2.75, 3.05) is 13.7 Å². The molecule has 3 atom stereocenters.